The first-order valence-corrected chi connectivity index (χ1v) is 8.14. The minimum absolute atomic E-state index is 0.177. The number of halogens is 1. The van der Waals surface area contributed by atoms with Crippen LogP contribution in [0.15, 0.2) is 24.3 Å². The van der Waals surface area contributed by atoms with E-state index in [1.54, 1.807) is 0 Å². The van der Waals surface area contributed by atoms with Crippen molar-refractivity contribution in [3.05, 3.63) is 34.9 Å². The number of hydrogen-bond donors (Lipinski definition) is 1. The van der Waals surface area contributed by atoms with Crippen molar-refractivity contribution >= 4 is 11.6 Å². The average molecular weight is 296 g/mol. The van der Waals surface area contributed by atoms with Gasteiger partial charge in [-0.05, 0) is 63.6 Å². The molecule has 0 heterocycles. The quantitative estimate of drug-likeness (QED) is 0.717. The third-order valence-electron chi connectivity index (χ3n) is 3.54. The second kappa shape index (κ2) is 8.05. The summed E-state index contributed by atoms with van der Waals surface area (Å²) in [4.78, 5) is 0. The zero-order valence-electron chi connectivity index (χ0n) is 13.7. The van der Waals surface area contributed by atoms with E-state index in [1.165, 1.54) is 18.4 Å². The van der Waals surface area contributed by atoms with Gasteiger partial charge in [0.1, 0.15) is 0 Å². The molecule has 1 nitrogen and oxygen atoms in total. The predicted octanol–water partition coefficient (Wildman–Crippen LogP) is 5.32. The van der Waals surface area contributed by atoms with E-state index >= 15 is 0 Å². The summed E-state index contributed by atoms with van der Waals surface area (Å²) in [6.45, 7) is 12.3. The summed E-state index contributed by atoms with van der Waals surface area (Å²) in [6.07, 6.45) is 3.60. The van der Waals surface area contributed by atoms with Crippen molar-refractivity contribution in [1.82, 2.24) is 5.32 Å². The molecule has 0 saturated carbocycles. The third-order valence-corrected chi connectivity index (χ3v) is 3.91. The number of nitrogens with one attached hydrogen (secondary N) is 1. The highest BCUT2D eigenvalue weighted by Crippen LogP contribution is 2.22. The summed E-state index contributed by atoms with van der Waals surface area (Å²) >= 11 is 6.30. The molecule has 1 rings (SSSR count). The van der Waals surface area contributed by atoms with E-state index in [2.05, 4.69) is 52.1 Å². The highest BCUT2D eigenvalue weighted by molar-refractivity contribution is 6.31. The molecule has 114 valence electrons. The fourth-order valence-electron chi connectivity index (χ4n) is 2.27. The lowest BCUT2D eigenvalue weighted by Gasteiger charge is -2.26. The third kappa shape index (κ3) is 7.31. The van der Waals surface area contributed by atoms with E-state index in [0.717, 1.165) is 23.9 Å². The van der Waals surface area contributed by atoms with Gasteiger partial charge in [-0.25, -0.2) is 0 Å². The predicted molar refractivity (Wildman–Crippen MR) is 90.5 cm³/mol. The fourth-order valence-corrected chi connectivity index (χ4v) is 2.48. The van der Waals surface area contributed by atoms with Gasteiger partial charge in [-0.2, -0.15) is 0 Å². The van der Waals surface area contributed by atoms with Crippen molar-refractivity contribution in [3.8, 4) is 0 Å². The summed E-state index contributed by atoms with van der Waals surface area (Å²) in [5.74, 6) is 1.41. The summed E-state index contributed by atoms with van der Waals surface area (Å²) in [6, 6.07) is 8.23. The van der Waals surface area contributed by atoms with Gasteiger partial charge in [-0.15, -0.1) is 0 Å². The smallest absolute Gasteiger partial charge is 0.0438 e. The van der Waals surface area contributed by atoms with Gasteiger partial charge in [-0.1, -0.05) is 50.1 Å². The lowest BCUT2D eigenvalue weighted by atomic mass is 9.91. The molecule has 1 aromatic rings. The largest absolute Gasteiger partial charge is 0.312 e. The van der Waals surface area contributed by atoms with Crippen molar-refractivity contribution in [2.75, 3.05) is 6.54 Å². The molecular formula is C18H30ClN. The van der Waals surface area contributed by atoms with E-state index in [0.29, 0.717) is 5.92 Å². The molecule has 0 amide bonds. The lowest BCUT2D eigenvalue weighted by Crippen LogP contribution is -2.39. The number of benzene rings is 1. The molecule has 1 atom stereocenters. The van der Waals surface area contributed by atoms with Crippen molar-refractivity contribution in [2.24, 2.45) is 11.8 Å². The number of rotatable bonds is 7. The maximum atomic E-state index is 6.30. The second-order valence-electron chi connectivity index (χ2n) is 7.26. The average Bonchev–Trinajstić information content (AvgIpc) is 2.34. The molecule has 1 N–H and O–H groups in total. The van der Waals surface area contributed by atoms with Gasteiger partial charge in [0, 0.05) is 10.6 Å². The molecule has 0 bridgehead atoms. The Balaban J connectivity index is 2.64. The molecule has 1 aromatic carbocycles. The Morgan fingerprint density at radius 2 is 1.75 bits per heavy atom. The maximum absolute atomic E-state index is 6.30. The molecule has 20 heavy (non-hydrogen) atoms. The van der Waals surface area contributed by atoms with Gasteiger partial charge in [0.15, 0.2) is 0 Å². The van der Waals surface area contributed by atoms with Gasteiger partial charge < -0.3 is 5.32 Å². The molecule has 0 aromatic heterocycles. The topological polar surface area (TPSA) is 12.0 Å². The van der Waals surface area contributed by atoms with Crippen LogP contribution in [0.1, 0.15) is 53.0 Å². The van der Waals surface area contributed by atoms with E-state index in [4.69, 9.17) is 11.6 Å². The fraction of sp³-hybridized carbons (Fsp3) is 0.667. The normalized spacial score (nSPS) is 13.8. The molecule has 0 radical (unpaired) electrons. The minimum Gasteiger partial charge on any atom is -0.312 e. The van der Waals surface area contributed by atoms with Crippen LogP contribution in [0.4, 0.5) is 0 Å². The van der Waals surface area contributed by atoms with Crippen LogP contribution in [0, 0.1) is 11.8 Å². The van der Waals surface area contributed by atoms with Gasteiger partial charge in [0.05, 0.1) is 0 Å². The van der Waals surface area contributed by atoms with Crippen LogP contribution in [0.25, 0.3) is 0 Å². The first-order valence-electron chi connectivity index (χ1n) is 7.76. The highest BCUT2D eigenvalue weighted by Gasteiger charge is 2.16. The van der Waals surface area contributed by atoms with Crippen molar-refractivity contribution < 1.29 is 0 Å². The first-order chi connectivity index (χ1) is 9.28. The molecule has 0 fully saturated rings. The molecule has 0 aliphatic carbocycles. The highest BCUT2D eigenvalue weighted by atomic mass is 35.5. The molecular weight excluding hydrogens is 266 g/mol. The lowest BCUT2D eigenvalue weighted by molar-refractivity contribution is 0.340. The molecule has 0 aliphatic rings. The molecule has 0 saturated heterocycles. The zero-order chi connectivity index (χ0) is 15.2. The van der Waals surface area contributed by atoms with E-state index < -0.39 is 0 Å². The van der Waals surface area contributed by atoms with Gasteiger partial charge >= 0.3 is 0 Å². The maximum Gasteiger partial charge on any atom is 0.0438 e. The van der Waals surface area contributed by atoms with Crippen LogP contribution < -0.4 is 5.32 Å². The van der Waals surface area contributed by atoms with Gasteiger partial charge in [0.25, 0.3) is 0 Å². The Morgan fingerprint density at radius 1 is 1.10 bits per heavy atom. The number of hydrogen-bond acceptors (Lipinski definition) is 1. The molecule has 1 unspecified atom stereocenters. The summed E-state index contributed by atoms with van der Waals surface area (Å²) in [5, 5.41) is 4.54. The van der Waals surface area contributed by atoms with Crippen LogP contribution in [0.2, 0.25) is 5.02 Å². The van der Waals surface area contributed by atoms with Gasteiger partial charge in [-0.3, -0.25) is 0 Å². The van der Waals surface area contributed by atoms with Crippen LogP contribution in [-0.2, 0) is 6.42 Å². The van der Waals surface area contributed by atoms with Crippen molar-refractivity contribution in [3.63, 3.8) is 0 Å². The van der Waals surface area contributed by atoms with E-state index in [9.17, 15) is 0 Å². The van der Waals surface area contributed by atoms with Crippen LogP contribution in [0.5, 0.6) is 0 Å². The summed E-state index contributed by atoms with van der Waals surface area (Å²) in [7, 11) is 0. The SMILES string of the molecule is CC(C)CCC(CNC(C)(C)C)Cc1ccccc1Cl. The first kappa shape index (κ1) is 17.5. The Bertz CT molecular complexity index is 393. The van der Waals surface area contributed by atoms with E-state index in [1.807, 2.05) is 12.1 Å². The summed E-state index contributed by atoms with van der Waals surface area (Å²) in [5.41, 5.74) is 1.45. The second-order valence-corrected chi connectivity index (χ2v) is 7.67. The standard InChI is InChI=1S/C18H30ClN/c1-14(2)10-11-15(13-20-18(3,4)5)12-16-8-6-7-9-17(16)19/h6-9,14-15,20H,10-13H2,1-5H3. The molecule has 2 heteroatoms. The van der Waals surface area contributed by atoms with Crippen LogP contribution in [0.3, 0.4) is 0 Å². The van der Waals surface area contributed by atoms with Crippen molar-refractivity contribution in [2.45, 2.75) is 59.4 Å². The minimum atomic E-state index is 0.177. The van der Waals surface area contributed by atoms with E-state index in [-0.39, 0.29) is 5.54 Å². The van der Waals surface area contributed by atoms with Crippen molar-refractivity contribution in [1.29, 1.82) is 0 Å². The van der Waals surface area contributed by atoms with Crippen LogP contribution >= 0.6 is 11.6 Å². The van der Waals surface area contributed by atoms with Gasteiger partial charge in [0.2, 0.25) is 0 Å². The summed E-state index contributed by atoms with van der Waals surface area (Å²) < 4.78 is 0. The molecule has 0 aliphatic heterocycles. The Hall–Kier alpha value is -0.530. The monoisotopic (exact) mass is 295 g/mol. The molecule has 0 spiro atoms. The zero-order valence-corrected chi connectivity index (χ0v) is 14.4. The Morgan fingerprint density at radius 3 is 2.30 bits per heavy atom. The Kier molecular flexibility index (Phi) is 7.05. The van der Waals surface area contributed by atoms with Crippen LogP contribution in [-0.4, -0.2) is 12.1 Å². The Labute approximate surface area is 130 Å².